The second-order valence-corrected chi connectivity index (χ2v) is 6.21. The summed E-state index contributed by atoms with van der Waals surface area (Å²) in [7, 11) is 0. The molecule has 0 N–H and O–H groups in total. The normalized spacial score (nSPS) is 11.9. The van der Waals surface area contributed by atoms with Gasteiger partial charge in [-0.05, 0) is 49.4 Å². The summed E-state index contributed by atoms with van der Waals surface area (Å²) in [5.41, 5.74) is 5.98. The third-order valence-electron chi connectivity index (χ3n) is 4.29. The Morgan fingerprint density at radius 1 is 0.870 bits per heavy atom. The van der Waals surface area contributed by atoms with Crippen molar-refractivity contribution < 1.29 is 0 Å². The molecule has 5 aromatic rings. The van der Waals surface area contributed by atoms with Gasteiger partial charge in [0, 0.05) is 21.5 Å². The molecule has 0 atom stereocenters. The molecule has 0 radical (unpaired) electrons. The zero-order chi connectivity index (χ0) is 15.6. The van der Waals surface area contributed by atoms with Crippen LogP contribution in [0.25, 0.3) is 38.5 Å². The standard InChI is InChI=1S/C19H12ClN3/c1-11-6-8-14-18(21-11)13-9-7-12(20)10-17(13)23-16-5-3-2-4-15(16)22-19(14)23/h2-10H,1H3. The number of pyridine rings is 2. The van der Waals surface area contributed by atoms with E-state index in [0.29, 0.717) is 5.02 Å². The molecule has 5 rings (SSSR count). The third kappa shape index (κ3) is 1.71. The van der Waals surface area contributed by atoms with E-state index in [1.165, 1.54) is 0 Å². The maximum absolute atomic E-state index is 6.27. The maximum Gasteiger partial charge on any atom is 0.147 e. The van der Waals surface area contributed by atoms with E-state index in [0.717, 1.165) is 44.2 Å². The Kier molecular flexibility index (Phi) is 2.48. The Labute approximate surface area is 137 Å². The highest BCUT2D eigenvalue weighted by Crippen LogP contribution is 2.32. The molecule has 0 spiro atoms. The fourth-order valence-corrected chi connectivity index (χ4v) is 3.45. The average molecular weight is 318 g/mol. The highest BCUT2D eigenvalue weighted by atomic mass is 35.5. The zero-order valence-corrected chi connectivity index (χ0v) is 13.2. The first kappa shape index (κ1) is 12.9. The molecule has 0 aliphatic heterocycles. The molecule has 0 aliphatic rings. The Morgan fingerprint density at radius 2 is 1.70 bits per heavy atom. The molecule has 110 valence electrons. The smallest absolute Gasteiger partial charge is 0.147 e. The lowest BCUT2D eigenvalue weighted by atomic mass is 10.1. The van der Waals surface area contributed by atoms with Gasteiger partial charge in [0.1, 0.15) is 5.65 Å². The van der Waals surface area contributed by atoms with E-state index in [4.69, 9.17) is 21.6 Å². The minimum atomic E-state index is 0.712. The quantitative estimate of drug-likeness (QED) is 0.370. The topological polar surface area (TPSA) is 30.2 Å². The van der Waals surface area contributed by atoms with E-state index in [1.54, 1.807) is 0 Å². The van der Waals surface area contributed by atoms with Crippen LogP contribution in [0.3, 0.4) is 0 Å². The van der Waals surface area contributed by atoms with E-state index in [1.807, 2.05) is 49.4 Å². The number of halogens is 1. The van der Waals surface area contributed by atoms with Gasteiger partial charge in [-0.1, -0.05) is 23.7 Å². The molecule has 0 bridgehead atoms. The predicted octanol–water partition coefficient (Wildman–Crippen LogP) is 5.15. The van der Waals surface area contributed by atoms with Crippen molar-refractivity contribution in [1.82, 2.24) is 14.4 Å². The molecular weight excluding hydrogens is 306 g/mol. The SMILES string of the molecule is Cc1ccc2c(n1)c1ccc(Cl)cc1n1c3ccccc3nc21. The number of hydrogen-bond donors (Lipinski definition) is 0. The molecule has 3 nitrogen and oxygen atoms in total. The van der Waals surface area contributed by atoms with Crippen molar-refractivity contribution in [3.8, 4) is 0 Å². The minimum absolute atomic E-state index is 0.712. The second-order valence-electron chi connectivity index (χ2n) is 5.77. The van der Waals surface area contributed by atoms with Gasteiger partial charge in [-0.15, -0.1) is 0 Å². The Hall–Kier alpha value is -2.65. The predicted molar refractivity (Wildman–Crippen MR) is 95.3 cm³/mol. The van der Waals surface area contributed by atoms with Crippen LogP contribution in [0.4, 0.5) is 0 Å². The van der Waals surface area contributed by atoms with Gasteiger partial charge in [0.15, 0.2) is 0 Å². The van der Waals surface area contributed by atoms with Crippen molar-refractivity contribution in [3.05, 3.63) is 65.3 Å². The van der Waals surface area contributed by atoms with Crippen molar-refractivity contribution in [1.29, 1.82) is 0 Å². The van der Waals surface area contributed by atoms with Gasteiger partial charge in [0.2, 0.25) is 0 Å². The fraction of sp³-hybridized carbons (Fsp3) is 0.0526. The largest absolute Gasteiger partial charge is 0.292 e. The van der Waals surface area contributed by atoms with Crippen LogP contribution < -0.4 is 0 Å². The summed E-state index contributed by atoms with van der Waals surface area (Å²) in [4.78, 5) is 9.59. The number of aromatic nitrogens is 3. The summed E-state index contributed by atoms with van der Waals surface area (Å²) in [6, 6.07) is 18.2. The fourth-order valence-electron chi connectivity index (χ4n) is 3.28. The number of nitrogens with zero attached hydrogens (tertiary/aromatic N) is 3. The monoisotopic (exact) mass is 317 g/mol. The van der Waals surface area contributed by atoms with Crippen molar-refractivity contribution in [2.24, 2.45) is 0 Å². The number of para-hydroxylation sites is 2. The van der Waals surface area contributed by atoms with Crippen LogP contribution in [0, 0.1) is 6.92 Å². The molecule has 2 aromatic carbocycles. The first-order valence-corrected chi connectivity index (χ1v) is 7.86. The number of imidazole rings is 1. The lowest BCUT2D eigenvalue weighted by Gasteiger charge is -2.09. The van der Waals surface area contributed by atoms with E-state index in [2.05, 4.69) is 16.5 Å². The maximum atomic E-state index is 6.27. The summed E-state index contributed by atoms with van der Waals surface area (Å²) in [5, 5.41) is 2.86. The zero-order valence-electron chi connectivity index (χ0n) is 12.4. The molecule has 0 aliphatic carbocycles. The third-order valence-corrected chi connectivity index (χ3v) is 4.53. The van der Waals surface area contributed by atoms with Gasteiger partial charge in [-0.25, -0.2) is 4.98 Å². The molecule has 0 saturated carbocycles. The molecule has 3 aromatic heterocycles. The van der Waals surface area contributed by atoms with Crippen molar-refractivity contribution in [2.75, 3.05) is 0 Å². The minimum Gasteiger partial charge on any atom is -0.292 e. The first-order chi connectivity index (χ1) is 11.2. The van der Waals surface area contributed by atoms with E-state index in [9.17, 15) is 0 Å². The first-order valence-electron chi connectivity index (χ1n) is 7.48. The average Bonchev–Trinajstić information content (AvgIpc) is 2.94. The molecule has 23 heavy (non-hydrogen) atoms. The summed E-state index contributed by atoms with van der Waals surface area (Å²) in [6.07, 6.45) is 0. The summed E-state index contributed by atoms with van der Waals surface area (Å²) < 4.78 is 2.18. The Morgan fingerprint density at radius 3 is 2.61 bits per heavy atom. The lowest BCUT2D eigenvalue weighted by molar-refractivity contribution is 1.25. The number of rotatable bonds is 0. The number of aryl methyl sites for hydroxylation is 1. The summed E-state index contributed by atoms with van der Waals surface area (Å²) in [5.74, 6) is 0. The molecular formula is C19H12ClN3. The second kappa shape index (κ2) is 4.43. The number of fused-ring (bicyclic) bond motifs is 8. The molecule has 0 amide bonds. The molecule has 0 saturated heterocycles. The van der Waals surface area contributed by atoms with Crippen molar-refractivity contribution in [2.45, 2.75) is 6.92 Å². The van der Waals surface area contributed by atoms with Crippen LogP contribution in [0.5, 0.6) is 0 Å². The highest BCUT2D eigenvalue weighted by Gasteiger charge is 2.14. The number of hydrogen-bond acceptors (Lipinski definition) is 2. The summed E-state index contributed by atoms with van der Waals surface area (Å²) in [6.45, 7) is 2.01. The Balaban J connectivity index is 2.21. The molecule has 4 heteroatoms. The van der Waals surface area contributed by atoms with Crippen molar-refractivity contribution in [3.63, 3.8) is 0 Å². The van der Waals surface area contributed by atoms with Gasteiger partial charge in [-0.3, -0.25) is 9.38 Å². The lowest BCUT2D eigenvalue weighted by Crippen LogP contribution is -1.94. The van der Waals surface area contributed by atoms with Gasteiger partial charge in [0.25, 0.3) is 0 Å². The van der Waals surface area contributed by atoms with Crippen LogP contribution in [0.1, 0.15) is 5.69 Å². The summed E-state index contributed by atoms with van der Waals surface area (Å²) >= 11 is 6.27. The van der Waals surface area contributed by atoms with Crippen LogP contribution >= 0.6 is 11.6 Å². The molecule has 0 fully saturated rings. The van der Waals surface area contributed by atoms with E-state index >= 15 is 0 Å². The van der Waals surface area contributed by atoms with E-state index in [-0.39, 0.29) is 0 Å². The van der Waals surface area contributed by atoms with E-state index < -0.39 is 0 Å². The molecule has 3 heterocycles. The van der Waals surface area contributed by atoms with Gasteiger partial charge in [-0.2, -0.15) is 0 Å². The highest BCUT2D eigenvalue weighted by molar-refractivity contribution is 6.31. The van der Waals surface area contributed by atoms with Crippen molar-refractivity contribution >= 4 is 50.1 Å². The molecule has 0 unspecified atom stereocenters. The van der Waals surface area contributed by atoms with Gasteiger partial charge < -0.3 is 0 Å². The van der Waals surface area contributed by atoms with Crippen LogP contribution in [0.2, 0.25) is 5.02 Å². The van der Waals surface area contributed by atoms with Gasteiger partial charge in [0.05, 0.1) is 22.1 Å². The van der Waals surface area contributed by atoms with Crippen LogP contribution in [0.15, 0.2) is 54.6 Å². The van der Waals surface area contributed by atoms with Crippen LogP contribution in [-0.4, -0.2) is 14.4 Å². The Bertz CT molecular complexity index is 1240. The van der Waals surface area contributed by atoms with Gasteiger partial charge >= 0.3 is 0 Å². The number of benzene rings is 2. The van der Waals surface area contributed by atoms with Crippen LogP contribution in [-0.2, 0) is 0 Å².